The van der Waals surface area contributed by atoms with Crippen molar-refractivity contribution < 1.29 is 4.79 Å². The quantitative estimate of drug-likeness (QED) is 0.689. The molecule has 1 fully saturated rings. The number of pyridine rings is 1. The first-order valence-corrected chi connectivity index (χ1v) is 9.40. The van der Waals surface area contributed by atoms with Crippen molar-refractivity contribution in [3.05, 3.63) is 72.3 Å². The van der Waals surface area contributed by atoms with Gasteiger partial charge in [-0.05, 0) is 49.2 Å². The Balaban J connectivity index is 1.33. The highest BCUT2D eigenvalue weighted by atomic mass is 16.1. The highest BCUT2D eigenvalue weighted by molar-refractivity contribution is 6.03. The van der Waals surface area contributed by atoms with Gasteiger partial charge in [-0.25, -0.2) is 9.97 Å². The van der Waals surface area contributed by atoms with E-state index < -0.39 is 0 Å². The molecule has 2 aromatic heterocycles. The Morgan fingerprint density at radius 2 is 1.71 bits per heavy atom. The van der Waals surface area contributed by atoms with Crippen LogP contribution in [0, 0.1) is 0 Å². The lowest BCUT2D eigenvalue weighted by Crippen LogP contribution is -2.17. The largest absolute Gasteiger partial charge is 0.372 e. The van der Waals surface area contributed by atoms with Gasteiger partial charge in [-0.15, -0.1) is 0 Å². The average molecular weight is 374 g/mol. The Bertz CT molecular complexity index is 906. The van der Waals surface area contributed by atoms with Gasteiger partial charge in [0.05, 0.1) is 17.8 Å². The monoisotopic (exact) mass is 374 g/mol. The minimum absolute atomic E-state index is 0.231. The van der Waals surface area contributed by atoms with Crippen LogP contribution in [0.5, 0.6) is 0 Å². The molecule has 1 saturated heterocycles. The van der Waals surface area contributed by atoms with Gasteiger partial charge in [0.15, 0.2) is 0 Å². The number of carbonyl (C=O) groups excluding carboxylic acids is 1. The summed E-state index contributed by atoms with van der Waals surface area (Å²) < 4.78 is 0. The summed E-state index contributed by atoms with van der Waals surface area (Å²) in [5.74, 6) is 0.224. The third kappa shape index (κ3) is 4.43. The van der Waals surface area contributed by atoms with Crippen LogP contribution in [0.1, 0.15) is 28.9 Å². The van der Waals surface area contributed by atoms with E-state index in [1.165, 1.54) is 30.9 Å². The Morgan fingerprint density at radius 3 is 2.39 bits per heavy atom. The van der Waals surface area contributed by atoms with Gasteiger partial charge in [-0.2, -0.15) is 0 Å². The fraction of sp³-hybridized carbons (Fsp3) is 0.238. The van der Waals surface area contributed by atoms with E-state index in [-0.39, 0.29) is 5.91 Å². The first-order valence-electron chi connectivity index (χ1n) is 9.40. The number of rotatable bonds is 6. The summed E-state index contributed by atoms with van der Waals surface area (Å²) in [6.45, 7) is 2.73. The zero-order valence-electron chi connectivity index (χ0n) is 15.5. The molecule has 3 heterocycles. The molecular formula is C21H22N6O. The fourth-order valence-corrected chi connectivity index (χ4v) is 3.14. The van der Waals surface area contributed by atoms with Crippen LogP contribution in [-0.4, -0.2) is 33.9 Å². The van der Waals surface area contributed by atoms with Crippen molar-refractivity contribution in [3.8, 4) is 0 Å². The normalized spacial score (nSPS) is 13.4. The molecular weight excluding hydrogens is 352 g/mol. The molecule has 0 saturated carbocycles. The number of hydrogen-bond donors (Lipinski definition) is 2. The predicted octanol–water partition coefficient (Wildman–Crippen LogP) is 3.34. The fourth-order valence-electron chi connectivity index (χ4n) is 3.14. The standard InChI is InChI=1S/C21H22N6O/c28-20(26-17-6-8-19(9-7-17)27-11-3-4-12-27)16-13-23-21(24-14-16)25-15-18-5-1-2-10-22-18/h1-2,5-10,13-14H,3-4,11-12,15H2,(H,26,28)(H,23,24,25). The number of carbonyl (C=O) groups is 1. The van der Waals surface area contributed by atoms with Crippen molar-refractivity contribution in [2.75, 3.05) is 28.6 Å². The molecule has 0 radical (unpaired) electrons. The topological polar surface area (TPSA) is 83.0 Å². The molecule has 0 bridgehead atoms. The third-order valence-corrected chi connectivity index (χ3v) is 4.66. The summed E-state index contributed by atoms with van der Waals surface area (Å²) in [5.41, 5.74) is 3.25. The molecule has 1 aliphatic heterocycles. The zero-order valence-corrected chi connectivity index (χ0v) is 15.5. The van der Waals surface area contributed by atoms with Crippen molar-refractivity contribution in [3.63, 3.8) is 0 Å². The summed E-state index contributed by atoms with van der Waals surface area (Å²) in [7, 11) is 0. The van der Waals surface area contributed by atoms with Crippen molar-refractivity contribution in [2.45, 2.75) is 19.4 Å². The van der Waals surface area contributed by atoms with Gasteiger partial charge in [0.2, 0.25) is 5.95 Å². The average Bonchev–Trinajstić information content (AvgIpc) is 3.29. The highest BCUT2D eigenvalue weighted by Gasteiger charge is 2.12. The van der Waals surface area contributed by atoms with Crippen molar-refractivity contribution in [1.29, 1.82) is 0 Å². The second-order valence-corrected chi connectivity index (χ2v) is 6.67. The smallest absolute Gasteiger partial charge is 0.258 e. The van der Waals surface area contributed by atoms with Gasteiger partial charge in [-0.1, -0.05) is 6.07 Å². The van der Waals surface area contributed by atoms with Crippen LogP contribution < -0.4 is 15.5 Å². The van der Waals surface area contributed by atoms with Gasteiger partial charge in [-0.3, -0.25) is 9.78 Å². The van der Waals surface area contributed by atoms with Crippen LogP contribution in [0.15, 0.2) is 61.1 Å². The number of amides is 1. The summed E-state index contributed by atoms with van der Waals surface area (Å²) in [6, 6.07) is 13.7. The van der Waals surface area contributed by atoms with Crippen LogP contribution in [0.2, 0.25) is 0 Å². The van der Waals surface area contributed by atoms with E-state index in [4.69, 9.17) is 0 Å². The molecule has 3 aromatic rings. The van der Waals surface area contributed by atoms with Crippen LogP contribution >= 0.6 is 0 Å². The number of nitrogens with zero attached hydrogens (tertiary/aromatic N) is 4. The predicted molar refractivity (Wildman–Crippen MR) is 109 cm³/mol. The number of benzene rings is 1. The second kappa shape index (κ2) is 8.47. The van der Waals surface area contributed by atoms with Crippen LogP contribution in [0.25, 0.3) is 0 Å². The van der Waals surface area contributed by atoms with Crippen LogP contribution in [0.4, 0.5) is 17.3 Å². The molecule has 0 atom stereocenters. The summed E-state index contributed by atoms with van der Waals surface area (Å²) in [5, 5.41) is 5.97. The molecule has 1 aromatic carbocycles. The minimum atomic E-state index is -0.231. The van der Waals surface area contributed by atoms with E-state index in [0.717, 1.165) is 24.5 Å². The van der Waals surface area contributed by atoms with Crippen molar-refractivity contribution >= 4 is 23.2 Å². The summed E-state index contributed by atoms with van der Waals surface area (Å²) in [6.07, 6.45) is 7.25. The van der Waals surface area contributed by atoms with Gasteiger partial charge in [0.1, 0.15) is 0 Å². The Labute approximate surface area is 163 Å². The molecule has 0 aliphatic carbocycles. The summed E-state index contributed by atoms with van der Waals surface area (Å²) in [4.78, 5) is 27.4. The molecule has 7 nitrogen and oxygen atoms in total. The lowest BCUT2D eigenvalue weighted by Gasteiger charge is -2.17. The minimum Gasteiger partial charge on any atom is -0.372 e. The van der Waals surface area contributed by atoms with Gasteiger partial charge < -0.3 is 15.5 Å². The first kappa shape index (κ1) is 17.9. The highest BCUT2D eigenvalue weighted by Crippen LogP contribution is 2.22. The van der Waals surface area contributed by atoms with Gasteiger partial charge in [0, 0.05) is 43.1 Å². The van der Waals surface area contributed by atoms with E-state index in [2.05, 4.69) is 30.5 Å². The molecule has 142 valence electrons. The molecule has 4 rings (SSSR count). The van der Waals surface area contributed by atoms with Crippen molar-refractivity contribution in [2.24, 2.45) is 0 Å². The Hall–Kier alpha value is -3.48. The summed E-state index contributed by atoms with van der Waals surface area (Å²) >= 11 is 0. The molecule has 0 unspecified atom stereocenters. The maximum absolute atomic E-state index is 12.4. The number of hydrogen-bond acceptors (Lipinski definition) is 6. The Morgan fingerprint density at radius 1 is 0.964 bits per heavy atom. The number of anilines is 3. The van der Waals surface area contributed by atoms with Crippen LogP contribution in [-0.2, 0) is 6.54 Å². The molecule has 1 amide bonds. The zero-order chi connectivity index (χ0) is 19.2. The first-order chi connectivity index (χ1) is 13.8. The molecule has 1 aliphatic rings. The SMILES string of the molecule is O=C(Nc1ccc(N2CCCC2)cc1)c1cnc(NCc2ccccn2)nc1. The third-order valence-electron chi connectivity index (χ3n) is 4.66. The molecule has 0 spiro atoms. The Kier molecular flexibility index (Phi) is 5.42. The van der Waals surface area contributed by atoms with E-state index >= 15 is 0 Å². The molecule has 7 heteroatoms. The van der Waals surface area contributed by atoms with Crippen LogP contribution in [0.3, 0.4) is 0 Å². The van der Waals surface area contributed by atoms with E-state index in [0.29, 0.717) is 18.1 Å². The lowest BCUT2D eigenvalue weighted by atomic mass is 10.2. The van der Waals surface area contributed by atoms with Gasteiger partial charge >= 0.3 is 0 Å². The maximum atomic E-state index is 12.4. The lowest BCUT2D eigenvalue weighted by molar-refractivity contribution is 0.102. The van der Waals surface area contributed by atoms with E-state index in [1.807, 2.05) is 42.5 Å². The maximum Gasteiger partial charge on any atom is 0.258 e. The molecule has 2 N–H and O–H groups in total. The van der Waals surface area contributed by atoms with Gasteiger partial charge in [0.25, 0.3) is 5.91 Å². The number of nitrogens with one attached hydrogen (secondary N) is 2. The number of aromatic nitrogens is 3. The second-order valence-electron chi connectivity index (χ2n) is 6.67. The van der Waals surface area contributed by atoms with E-state index in [1.54, 1.807) is 6.20 Å². The van der Waals surface area contributed by atoms with E-state index in [9.17, 15) is 4.79 Å². The molecule has 28 heavy (non-hydrogen) atoms. The van der Waals surface area contributed by atoms with Crippen molar-refractivity contribution in [1.82, 2.24) is 15.0 Å².